The Balaban J connectivity index is 1.48. The largest absolute Gasteiger partial charge is 0.359 e. The Kier molecular flexibility index (Phi) is 5.15. The Bertz CT molecular complexity index is 671. The van der Waals surface area contributed by atoms with Gasteiger partial charge < -0.3 is 14.7 Å². The third-order valence-electron chi connectivity index (χ3n) is 4.31. The molecule has 0 radical (unpaired) electrons. The SMILES string of the molecule is Cc1cc(CNC(=O)N2CCN(Cc3ccccc3)C[C@H]2C)on1. The third-order valence-corrected chi connectivity index (χ3v) is 4.31. The molecule has 2 aromatic rings. The van der Waals surface area contributed by atoms with Gasteiger partial charge in [-0.15, -0.1) is 0 Å². The van der Waals surface area contributed by atoms with Gasteiger partial charge in [-0.25, -0.2) is 4.79 Å². The van der Waals surface area contributed by atoms with Crippen LogP contribution in [0.15, 0.2) is 40.9 Å². The van der Waals surface area contributed by atoms with Crippen LogP contribution >= 0.6 is 0 Å². The fraction of sp³-hybridized carbons (Fsp3) is 0.444. The number of hydrogen-bond acceptors (Lipinski definition) is 4. The molecule has 1 aliphatic heterocycles. The summed E-state index contributed by atoms with van der Waals surface area (Å²) < 4.78 is 5.12. The molecule has 1 fully saturated rings. The molecular weight excluding hydrogens is 304 g/mol. The van der Waals surface area contributed by atoms with E-state index in [4.69, 9.17) is 4.52 Å². The Morgan fingerprint density at radius 3 is 2.79 bits per heavy atom. The van der Waals surface area contributed by atoms with Gasteiger partial charge in [0.05, 0.1) is 12.2 Å². The number of nitrogens with one attached hydrogen (secondary N) is 1. The minimum absolute atomic E-state index is 0.0454. The number of rotatable bonds is 4. The fourth-order valence-corrected chi connectivity index (χ4v) is 3.08. The van der Waals surface area contributed by atoms with Gasteiger partial charge in [-0.05, 0) is 19.4 Å². The second-order valence-electron chi connectivity index (χ2n) is 6.36. The number of aromatic nitrogens is 1. The highest BCUT2D eigenvalue weighted by molar-refractivity contribution is 5.74. The predicted octanol–water partition coefficient (Wildman–Crippen LogP) is 2.40. The Morgan fingerprint density at radius 1 is 1.33 bits per heavy atom. The first-order chi connectivity index (χ1) is 11.6. The summed E-state index contributed by atoms with van der Waals surface area (Å²) in [5.74, 6) is 0.677. The Hall–Kier alpha value is -2.34. The van der Waals surface area contributed by atoms with E-state index in [2.05, 4.69) is 46.6 Å². The summed E-state index contributed by atoms with van der Waals surface area (Å²) in [6.45, 7) is 7.75. The molecule has 0 aliphatic carbocycles. The topological polar surface area (TPSA) is 61.6 Å². The standard InChI is InChI=1S/C18H24N4O2/c1-14-10-17(24-20-14)11-19-18(23)22-9-8-21(12-15(22)2)13-16-6-4-3-5-7-16/h3-7,10,15H,8-9,11-13H2,1-2H3,(H,19,23)/t15-/m1/s1. The van der Waals surface area contributed by atoms with Gasteiger partial charge in [0, 0.05) is 38.3 Å². The summed E-state index contributed by atoms with van der Waals surface area (Å²) in [6, 6.07) is 12.4. The lowest BCUT2D eigenvalue weighted by Crippen LogP contribution is -2.56. The van der Waals surface area contributed by atoms with E-state index in [0.717, 1.165) is 31.9 Å². The zero-order chi connectivity index (χ0) is 16.9. The van der Waals surface area contributed by atoms with Crippen LogP contribution in [-0.2, 0) is 13.1 Å². The summed E-state index contributed by atoms with van der Waals surface area (Å²) in [5.41, 5.74) is 2.13. The monoisotopic (exact) mass is 328 g/mol. The van der Waals surface area contributed by atoms with E-state index in [1.807, 2.05) is 24.0 Å². The zero-order valence-corrected chi connectivity index (χ0v) is 14.2. The molecule has 1 saturated heterocycles. The smallest absolute Gasteiger partial charge is 0.318 e. The highest BCUT2D eigenvalue weighted by Crippen LogP contribution is 2.13. The number of urea groups is 1. The number of nitrogens with zero attached hydrogens (tertiary/aromatic N) is 3. The molecule has 0 unspecified atom stereocenters. The van der Waals surface area contributed by atoms with E-state index in [0.29, 0.717) is 12.3 Å². The molecule has 6 heteroatoms. The van der Waals surface area contributed by atoms with Crippen LogP contribution in [0, 0.1) is 6.92 Å². The molecule has 128 valence electrons. The normalized spacial score (nSPS) is 18.6. The number of amides is 2. The number of carbonyl (C=O) groups excluding carboxylic acids is 1. The van der Waals surface area contributed by atoms with E-state index in [1.54, 1.807) is 0 Å². The highest BCUT2D eigenvalue weighted by atomic mass is 16.5. The van der Waals surface area contributed by atoms with Crippen molar-refractivity contribution >= 4 is 6.03 Å². The summed E-state index contributed by atoms with van der Waals surface area (Å²) >= 11 is 0. The maximum atomic E-state index is 12.4. The first-order valence-corrected chi connectivity index (χ1v) is 8.35. The van der Waals surface area contributed by atoms with Crippen LogP contribution in [0.3, 0.4) is 0 Å². The molecule has 1 aromatic heterocycles. The summed E-state index contributed by atoms with van der Waals surface area (Å²) in [4.78, 5) is 16.7. The molecule has 2 heterocycles. The van der Waals surface area contributed by atoms with Crippen LogP contribution in [-0.4, -0.2) is 46.7 Å². The van der Waals surface area contributed by atoms with Gasteiger partial charge >= 0.3 is 6.03 Å². The molecule has 1 aromatic carbocycles. The molecule has 3 rings (SSSR count). The molecule has 1 aliphatic rings. The van der Waals surface area contributed by atoms with Crippen LogP contribution in [0.5, 0.6) is 0 Å². The average molecular weight is 328 g/mol. The van der Waals surface area contributed by atoms with Crippen LogP contribution in [0.25, 0.3) is 0 Å². The minimum atomic E-state index is -0.0454. The molecular formula is C18H24N4O2. The van der Waals surface area contributed by atoms with Crippen molar-refractivity contribution in [3.05, 3.63) is 53.4 Å². The number of aryl methyl sites for hydroxylation is 1. The molecule has 2 amide bonds. The van der Waals surface area contributed by atoms with E-state index in [-0.39, 0.29) is 12.1 Å². The highest BCUT2D eigenvalue weighted by Gasteiger charge is 2.27. The molecule has 0 saturated carbocycles. The number of benzene rings is 1. The van der Waals surface area contributed by atoms with Crippen LogP contribution in [0.2, 0.25) is 0 Å². The van der Waals surface area contributed by atoms with Crippen molar-refractivity contribution in [1.82, 2.24) is 20.3 Å². The second-order valence-corrected chi connectivity index (χ2v) is 6.36. The molecule has 6 nitrogen and oxygen atoms in total. The molecule has 1 N–H and O–H groups in total. The van der Waals surface area contributed by atoms with Gasteiger partial charge in [0.2, 0.25) is 0 Å². The van der Waals surface area contributed by atoms with Gasteiger partial charge in [0.1, 0.15) is 0 Å². The third kappa shape index (κ3) is 4.14. The van der Waals surface area contributed by atoms with Gasteiger partial charge in [-0.1, -0.05) is 35.5 Å². The van der Waals surface area contributed by atoms with Crippen molar-refractivity contribution in [1.29, 1.82) is 0 Å². The van der Waals surface area contributed by atoms with Crippen LogP contribution < -0.4 is 5.32 Å². The van der Waals surface area contributed by atoms with E-state index in [1.165, 1.54) is 5.56 Å². The van der Waals surface area contributed by atoms with Gasteiger partial charge in [-0.2, -0.15) is 0 Å². The maximum Gasteiger partial charge on any atom is 0.318 e. The predicted molar refractivity (Wildman–Crippen MR) is 91.4 cm³/mol. The van der Waals surface area contributed by atoms with E-state index < -0.39 is 0 Å². The second kappa shape index (κ2) is 7.49. The summed E-state index contributed by atoms with van der Waals surface area (Å²) in [7, 11) is 0. The van der Waals surface area contributed by atoms with E-state index in [9.17, 15) is 4.79 Å². The molecule has 0 spiro atoms. The number of hydrogen-bond donors (Lipinski definition) is 1. The zero-order valence-electron chi connectivity index (χ0n) is 14.2. The Morgan fingerprint density at radius 2 is 2.12 bits per heavy atom. The minimum Gasteiger partial charge on any atom is -0.359 e. The average Bonchev–Trinajstić information content (AvgIpc) is 2.99. The van der Waals surface area contributed by atoms with Crippen molar-refractivity contribution in [2.45, 2.75) is 33.0 Å². The lowest BCUT2D eigenvalue weighted by molar-refractivity contribution is 0.0970. The molecule has 0 bridgehead atoms. The summed E-state index contributed by atoms with van der Waals surface area (Å²) in [6.07, 6.45) is 0. The van der Waals surface area contributed by atoms with Crippen molar-refractivity contribution < 1.29 is 9.32 Å². The lowest BCUT2D eigenvalue weighted by atomic mass is 10.1. The van der Waals surface area contributed by atoms with Gasteiger partial charge in [-0.3, -0.25) is 4.90 Å². The quantitative estimate of drug-likeness (QED) is 0.936. The van der Waals surface area contributed by atoms with Crippen molar-refractivity contribution in [2.75, 3.05) is 19.6 Å². The van der Waals surface area contributed by atoms with Crippen LogP contribution in [0.4, 0.5) is 4.79 Å². The summed E-state index contributed by atoms with van der Waals surface area (Å²) in [5, 5.41) is 6.74. The van der Waals surface area contributed by atoms with Crippen molar-refractivity contribution in [2.24, 2.45) is 0 Å². The Labute approximate surface area is 142 Å². The van der Waals surface area contributed by atoms with Gasteiger partial charge in [0.15, 0.2) is 5.76 Å². The number of carbonyl (C=O) groups is 1. The van der Waals surface area contributed by atoms with E-state index >= 15 is 0 Å². The maximum absolute atomic E-state index is 12.4. The van der Waals surface area contributed by atoms with Crippen LogP contribution in [0.1, 0.15) is 23.9 Å². The lowest BCUT2D eigenvalue weighted by Gasteiger charge is -2.39. The first-order valence-electron chi connectivity index (χ1n) is 8.35. The van der Waals surface area contributed by atoms with Crippen molar-refractivity contribution in [3.63, 3.8) is 0 Å². The number of piperazine rings is 1. The first kappa shape index (κ1) is 16.5. The van der Waals surface area contributed by atoms with Gasteiger partial charge in [0.25, 0.3) is 0 Å². The molecule has 24 heavy (non-hydrogen) atoms. The van der Waals surface area contributed by atoms with Crippen molar-refractivity contribution in [3.8, 4) is 0 Å². The molecule has 1 atom stereocenters. The fourth-order valence-electron chi connectivity index (χ4n) is 3.08.